The maximum absolute atomic E-state index is 3.85. The Balaban J connectivity index is 1.85. The van der Waals surface area contributed by atoms with Crippen molar-refractivity contribution in [3.63, 3.8) is 0 Å². The molecular weight excluding hydrogens is 256 g/mol. The summed E-state index contributed by atoms with van der Waals surface area (Å²) in [5, 5.41) is 3.62. The van der Waals surface area contributed by atoms with E-state index in [-0.39, 0.29) is 0 Å². The SMILES string of the molecule is C=CCN(CCC)Cc1ccc(C(C)CNC2CC2)cc1. The molecule has 0 aliphatic heterocycles. The van der Waals surface area contributed by atoms with E-state index in [2.05, 4.69) is 54.9 Å². The number of nitrogens with zero attached hydrogens (tertiary/aromatic N) is 1. The molecule has 1 atom stereocenters. The maximum atomic E-state index is 3.85. The zero-order valence-electron chi connectivity index (χ0n) is 13.6. The molecule has 2 rings (SSSR count). The summed E-state index contributed by atoms with van der Waals surface area (Å²) in [5.41, 5.74) is 2.84. The summed E-state index contributed by atoms with van der Waals surface area (Å²) < 4.78 is 0. The molecule has 1 aliphatic carbocycles. The van der Waals surface area contributed by atoms with Gasteiger partial charge in [-0.1, -0.05) is 44.2 Å². The van der Waals surface area contributed by atoms with Gasteiger partial charge in [0.1, 0.15) is 0 Å². The third-order valence-corrected chi connectivity index (χ3v) is 4.17. The van der Waals surface area contributed by atoms with Crippen LogP contribution in [0.2, 0.25) is 0 Å². The average Bonchev–Trinajstić information content (AvgIpc) is 3.30. The number of hydrogen-bond acceptors (Lipinski definition) is 2. The summed E-state index contributed by atoms with van der Waals surface area (Å²) in [4.78, 5) is 2.44. The average molecular weight is 286 g/mol. The number of rotatable bonds is 10. The van der Waals surface area contributed by atoms with E-state index in [0.717, 1.165) is 32.2 Å². The minimum absolute atomic E-state index is 0.597. The van der Waals surface area contributed by atoms with E-state index in [9.17, 15) is 0 Å². The van der Waals surface area contributed by atoms with Gasteiger partial charge in [-0.25, -0.2) is 0 Å². The molecule has 21 heavy (non-hydrogen) atoms. The lowest BCUT2D eigenvalue weighted by atomic mass is 9.99. The highest BCUT2D eigenvalue weighted by atomic mass is 15.1. The molecule has 0 amide bonds. The standard InChI is InChI=1S/C19H30N2/c1-4-12-21(13-5-2)15-17-6-8-18(9-7-17)16(3)14-20-19-10-11-19/h4,6-9,16,19-20H,1,5,10-15H2,2-3H3. The van der Waals surface area contributed by atoms with E-state index in [1.807, 2.05) is 6.08 Å². The Bertz CT molecular complexity index is 420. The van der Waals surface area contributed by atoms with Gasteiger partial charge in [0.25, 0.3) is 0 Å². The van der Waals surface area contributed by atoms with Crippen LogP contribution in [0.4, 0.5) is 0 Å². The van der Waals surface area contributed by atoms with Crippen LogP contribution in [0.3, 0.4) is 0 Å². The summed E-state index contributed by atoms with van der Waals surface area (Å²) in [6.07, 6.45) is 5.91. The smallest absolute Gasteiger partial charge is 0.0237 e. The monoisotopic (exact) mass is 286 g/mol. The van der Waals surface area contributed by atoms with E-state index in [4.69, 9.17) is 0 Å². The van der Waals surface area contributed by atoms with E-state index in [1.165, 1.54) is 30.4 Å². The van der Waals surface area contributed by atoms with Crippen LogP contribution in [0, 0.1) is 0 Å². The lowest BCUT2D eigenvalue weighted by Gasteiger charge is -2.20. The fraction of sp³-hybridized carbons (Fsp3) is 0.579. The summed E-state index contributed by atoms with van der Waals surface area (Å²) in [5.74, 6) is 0.597. The zero-order valence-corrected chi connectivity index (χ0v) is 13.6. The first kappa shape index (κ1) is 16.3. The third kappa shape index (κ3) is 5.64. The summed E-state index contributed by atoms with van der Waals surface area (Å²) in [7, 11) is 0. The van der Waals surface area contributed by atoms with Crippen molar-refractivity contribution in [1.82, 2.24) is 10.2 Å². The van der Waals surface area contributed by atoms with Gasteiger partial charge in [-0.3, -0.25) is 4.90 Å². The highest BCUT2D eigenvalue weighted by Crippen LogP contribution is 2.21. The summed E-state index contributed by atoms with van der Waals surface area (Å²) in [6, 6.07) is 9.97. The van der Waals surface area contributed by atoms with Gasteiger partial charge in [0.2, 0.25) is 0 Å². The van der Waals surface area contributed by atoms with Crippen molar-refractivity contribution in [2.24, 2.45) is 0 Å². The van der Waals surface area contributed by atoms with Crippen LogP contribution in [-0.2, 0) is 6.54 Å². The summed E-state index contributed by atoms with van der Waals surface area (Å²) in [6.45, 7) is 12.6. The van der Waals surface area contributed by atoms with Crippen LogP contribution in [0.25, 0.3) is 0 Å². The Morgan fingerprint density at radius 2 is 2.05 bits per heavy atom. The quantitative estimate of drug-likeness (QED) is 0.655. The normalized spacial score (nSPS) is 16.1. The van der Waals surface area contributed by atoms with E-state index in [0.29, 0.717) is 5.92 Å². The van der Waals surface area contributed by atoms with E-state index in [1.54, 1.807) is 0 Å². The number of nitrogens with one attached hydrogen (secondary N) is 1. The van der Waals surface area contributed by atoms with Crippen LogP contribution in [0.5, 0.6) is 0 Å². The van der Waals surface area contributed by atoms with Gasteiger partial charge in [0.15, 0.2) is 0 Å². The molecule has 0 spiro atoms. The lowest BCUT2D eigenvalue weighted by molar-refractivity contribution is 0.295. The van der Waals surface area contributed by atoms with Crippen LogP contribution in [0.15, 0.2) is 36.9 Å². The molecule has 0 radical (unpaired) electrons. The minimum atomic E-state index is 0.597. The Hall–Kier alpha value is -1.12. The molecule has 1 aliphatic rings. The Morgan fingerprint density at radius 1 is 1.33 bits per heavy atom. The zero-order chi connectivity index (χ0) is 15.1. The van der Waals surface area contributed by atoms with Crippen molar-refractivity contribution < 1.29 is 0 Å². The minimum Gasteiger partial charge on any atom is -0.313 e. The summed E-state index contributed by atoms with van der Waals surface area (Å²) >= 11 is 0. The van der Waals surface area contributed by atoms with E-state index >= 15 is 0 Å². The molecule has 1 N–H and O–H groups in total. The van der Waals surface area contributed by atoms with Gasteiger partial charge < -0.3 is 5.32 Å². The fourth-order valence-corrected chi connectivity index (χ4v) is 2.69. The molecule has 1 aromatic rings. The highest BCUT2D eigenvalue weighted by Gasteiger charge is 2.21. The molecular formula is C19H30N2. The van der Waals surface area contributed by atoms with Crippen molar-refractivity contribution in [2.45, 2.75) is 51.6 Å². The molecule has 1 unspecified atom stereocenters. The van der Waals surface area contributed by atoms with Gasteiger partial charge in [-0.15, -0.1) is 6.58 Å². The van der Waals surface area contributed by atoms with Crippen LogP contribution >= 0.6 is 0 Å². The molecule has 0 saturated heterocycles. The largest absolute Gasteiger partial charge is 0.313 e. The maximum Gasteiger partial charge on any atom is 0.0237 e. The van der Waals surface area contributed by atoms with Crippen molar-refractivity contribution in [2.75, 3.05) is 19.6 Å². The molecule has 0 aromatic heterocycles. The molecule has 1 aromatic carbocycles. The highest BCUT2D eigenvalue weighted by molar-refractivity contribution is 5.25. The molecule has 0 bridgehead atoms. The number of hydrogen-bond donors (Lipinski definition) is 1. The van der Waals surface area contributed by atoms with Crippen molar-refractivity contribution in [3.05, 3.63) is 48.0 Å². The predicted octanol–water partition coefficient (Wildman–Crippen LogP) is 3.94. The van der Waals surface area contributed by atoms with Gasteiger partial charge in [-0.05, 0) is 42.9 Å². The van der Waals surface area contributed by atoms with Crippen LogP contribution in [0.1, 0.15) is 50.2 Å². The molecule has 0 heterocycles. The van der Waals surface area contributed by atoms with Gasteiger partial charge in [0.05, 0.1) is 0 Å². The first-order valence-electron chi connectivity index (χ1n) is 8.38. The van der Waals surface area contributed by atoms with Crippen molar-refractivity contribution in [1.29, 1.82) is 0 Å². The topological polar surface area (TPSA) is 15.3 Å². The van der Waals surface area contributed by atoms with Crippen molar-refractivity contribution >= 4 is 0 Å². The third-order valence-electron chi connectivity index (χ3n) is 4.17. The molecule has 116 valence electrons. The second-order valence-corrected chi connectivity index (χ2v) is 6.35. The van der Waals surface area contributed by atoms with Gasteiger partial charge >= 0.3 is 0 Å². The van der Waals surface area contributed by atoms with Crippen LogP contribution in [-0.4, -0.2) is 30.6 Å². The Morgan fingerprint density at radius 3 is 2.62 bits per heavy atom. The molecule has 2 heteroatoms. The second-order valence-electron chi connectivity index (χ2n) is 6.35. The predicted molar refractivity (Wildman–Crippen MR) is 91.6 cm³/mol. The van der Waals surface area contributed by atoms with Crippen LogP contribution < -0.4 is 5.32 Å². The Kier molecular flexibility index (Phi) is 6.47. The first-order chi connectivity index (χ1) is 10.2. The van der Waals surface area contributed by atoms with Gasteiger partial charge in [-0.2, -0.15) is 0 Å². The molecule has 1 saturated carbocycles. The Labute approximate surface area is 130 Å². The molecule has 1 fully saturated rings. The first-order valence-corrected chi connectivity index (χ1v) is 8.38. The van der Waals surface area contributed by atoms with E-state index < -0.39 is 0 Å². The second kappa shape index (κ2) is 8.35. The lowest BCUT2D eigenvalue weighted by Crippen LogP contribution is -2.24. The van der Waals surface area contributed by atoms with Crippen molar-refractivity contribution in [3.8, 4) is 0 Å². The van der Waals surface area contributed by atoms with Gasteiger partial charge in [0, 0.05) is 25.7 Å². The number of benzene rings is 1. The molecule has 2 nitrogen and oxygen atoms in total. The fourth-order valence-electron chi connectivity index (χ4n) is 2.69.